The van der Waals surface area contributed by atoms with E-state index in [1.165, 1.54) is 24.3 Å². The van der Waals surface area contributed by atoms with Crippen LogP contribution in [-0.4, -0.2) is 45.5 Å². The van der Waals surface area contributed by atoms with Crippen LogP contribution >= 0.6 is 11.6 Å². The quantitative estimate of drug-likeness (QED) is 0.566. The van der Waals surface area contributed by atoms with E-state index in [1.54, 1.807) is 0 Å². The highest BCUT2D eigenvalue weighted by molar-refractivity contribution is 6.30. The maximum Gasteiger partial charge on any atom is 0.434 e. The van der Waals surface area contributed by atoms with Gasteiger partial charge in [0.25, 0.3) is 5.91 Å². The molecule has 3 amide bonds. The summed E-state index contributed by atoms with van der Waals surface area (Å²) >= 11 is 5.76. The van der Waals surface area contributed by atoms with Gasteiger partial charge in [-0.15, -0.1) is 0 Å². The number of aromatic nitrogens is 2. The van der Waals surface area contributed by atoms with Gasteiger partial charge in [0.05, 0.1) is 17.4 Å². The number of nitrogens with zero attached hydrogens (tertiary/aromatic N) is 3. The second kappa shape index (κ2) is 8.24. The summed E-state index contributed by atoms with van der Waals surface area (Å²) in [6, 6.07) is 5.55. The van der Waals surface area contributed by atoms with Crippen molar-refractivity contribution in [2.24, 2.45) is 0 Å². The summed E-state index contributed by atoms with van der Waals surface area (Å²) in [5.41, 5.74) is -1.73. The number of amides is 3. The minimum atomic E-state index is -4.82. The van der Waals surface area contributed by atoms with Crippen molar-refractivity contribution in [3.05, 3.63) is 46.7 Å². The number of halogens is 4. The van der Waals surface area contributed by atoms with Crippen LogP contribution in [0.4, 0.5) is 13.2 Å². The number of likely N-dealkylation sites (tertiary alicyclic amines) is 1. The normalized spacial score (nSPS) is 14.6. The highest BCUT2D eigenvalue weighted by Gasteiger charge is 2.40. The summed E-state index contributed by atoms with van der Waals surface area (Å²) in [5, 5.41) is 6.44. The van der Waals surface area contributed by atoms with Crippen LogP contribution in [0.25, 0.3) is 5.69 Å². The van der Waals surface area contributed by atoms with Gasteiger partial charge in [0, 0.05) is 31.0 Å². The van der Waals surface area contributed by atoms with Crippen molar-refractivity contribution < 1.29 is 27.6 Å². The van der Waals surface area contributed by atoms with Crippen LogP contribution in [0.1, 0.15) is 35.3 Å². The summed E-state index contributed by atoms with van der Waals surface area (Å²) in [5.74, 6) is -1.52. The minimum Gasteiger partial charge on any atom is -0.352 e. The first-order valence-corrected chi connectivity index (χ1v) is 9.09. The molecule has 0 spiro atoms. The molecule has 1 aromatic heterocycles. The van der Waals surface area contributed by atoms with Crippen LogP contribution < -0.4 is 5.32 Å². The molecule has 2 aromatic rings. The Morgan fingerprint density at radius 3 is 2.34 bits per heavy atom. The zero-order valence-electron chi connectivity index (χ0n) is 15.0. The van der Waals surface area contributed by atoms with E-state index in [-0.39, 0.29) is 49.9 Å². The lowest BCUT2D eigenvalue weighted by molar-refractivity contribution is -0.143. The SMILES string of the molecule is O=C(NCCCN1C(=O)CCC1=O)c1cnn(-c2ccc(Cl)cc2)c1C(F)(F)F. The average Bonchev–Trinajstić information content (AvgIpc) is 3.24. The van der Waals surface area contributed by atoms with Gasteiger partial charge in [-0.1, -0.05) is 11.6 Å². The molecule has 0 unspecified atom stereocenters. The molecule has 0 aliphatic carbocycles. The highest BCUT2D eigenvalue weighted by atomic mass is 35.5. The molecule has 0 bridgehead atoms. The molecule has 0 atom stereocenters. The highest BCUT2D eigenvalue weighted by Crippen LogP contribution is 2.33. The van der Waals surface area contributed by atoms with Crippen molar-refractivity contribution in [1.29, 1.82) is 0 Å². The predicted octanol–water partition coefficient (Wildman–Crippen LogP) is 2.81. The molecule has 7 nitrogen and oxygen atoms in total. The fraction of sp³-hybridized carbons (Fsp3) is 0.333. The topological polar surface area (TPSA) is 84.3 Å². The van der Waals surface area contributed by atoms with E-state index in [9.17, 15) is 27.6 Å². The summed E-state index contributed by atoms with van der Waals surface area (Å²) in [7, 11) is 0. The molecule has 1 N–H and O–H groups in total. The Bertz CT molecular complexity index is 925. The maximum absolute atomic E-state index is 13.6. The van der Waals surface area contributed by atoms with Gasteiger partial charge in [-0.3, -0.25) is 19.3 Å². The van der Waals surface area contributed by atoms with E-state index in [0.717, 1.165) is 11.1 Å². The Morgan fingerprint density at radius 2 is 1.76 bits per heavy atom. The van der Waals surface area contributed by atoms with Crippen molar-refractivity contribution in [2.45, 2.75) is 25.4 Å². The number of alkyl halides is 3. The van der Waals surface area contributed by atoms with Crippen molar-refractivity contribution in [3.8, 4) is 5.69 Å². The Morgan fingerprint density at radius 1 is 1.14 bits per heavy atom. The van der Waals surface area contributed by atoms with Crippen LogP contribution in [0.15, 0.2) is 30.5 Å². The van der Waals surface area contributed by atoms with Gasteiger partial charge in [0.1, 0.15) is 0 Å². The minimum absolute atomic E-state index is 0.000679. The van der Waals surface area contributed by atoms with Gasteiger partial charge < -0.3 is 5.32 Å². The van der Waals surface area contributed by atoms with E-state index in [4.69, 9.17) is 11.6 Å². The lowest BCUT2D eigenvalue weighted by atomic mass is 10.2. The first kappa shape index (κ1) is 20.8. The van der Waals surface area contributed by atoms with E-state index >= 15 is 0 Å². The zero-order valence-corrected chi connectivity index (χ0v) is 15.8. The van der Waals surface area contributed by atoms with Gasteiger partial charge in [-0.05, 0) is 30.7 Å². The zero-order chi connectivity index (χ0) is 21.2. The average molecular weight is 429 g/mol. The molecule has 2 heterocycles. The number of nitrogens with one attached hydrogen (secondary N) is 1. The Hall–Kier alpha value is -2.88. The summed E-state index contributed by atoms with van der Waals surface area (Å²) in [6.45, 7) is 0.105. The molecule has 3 rings (SSSR count). The van der Waals surface area contributed by atoms with Gasteiger partial charge in [-0.25, -0.2) is 4.68 Å². The smallest absolute Gasteiger partial charge is 0.352 e. The van der Waals surface area contributed by atoms with Crippen LogP contribution in [0, 0.1) is 0 Å². The van der Waals surface area contributed by atoms with Gasteiger partial charge in [-0.2, -0.15) is 18.3 Å². The van der Waals surface area contributed by atoms with Gasteiger partial charge >= 0.3 is 6.18 Å². The Labute approximate surface area is 168 Å². The molecular weight excluding hydrogens is 413 g/mol. The van der Waals surface area contributed by atoms with Crippen molar-refractivity contribution >= 4 is 29.3 Å². The Kier molecular flexibility index (Phi) is 5.92. The summed E-state index contributed by atoms with van der Waals surface area (Å²) in [4.78, 5) is 36.4. The lowest BCUT2D eigenvalue weighted by Gasteiger charge is -2.14. The van der Waals surface area contributed by atoms with Crippen LogP contribution in [-0.2, 0) is 15.8 Å². The number of imide groups is 1. The van der Waals surface area contributed by atoms with Crippen LogP contribution in [0.5, 0.6) is 0 Å². The summed E-state index contributed by atoms with van der Waals surface area (Å²) in [6.07, 6.45) is -3.43. The van der Waals surface area contributed by atoms with E-state index in [1.807, 2.05) is 0 Å². The number of benzene rings is 1. The van der Waals surface area contributed by atoms with E-state index in [0.29, 0.717) is 9.70 Å². The maximum atomic E-state index is 13.6. The molecule has 1 aliphatic rings. The number of carbonyl (C=O) groups excluding carboxylic acids is 3. The third kappa shape index (κ3) is 4.58. The predicted molar refractivity (Wildman–Crippen MR) is 96.5 cm³/mol. The van der Waals surface area contributed by atoms with Crippen LogP contribution in [0.2, 0.25) is 5.02 Å². The first-order chi connectivity index (χ1) is 13.7. The fourth-order valence-electron chi connectivity index (χ4n) is 2.97. The lowest BCUT2D eigenvalue weighted by Crippen LogP contribution is -2.33. The molecular formula is C18H16ClF3N4O3. The Balaban J connectivity index is 1.71. The molecule has 0 saturated carbocycles. The largest absolute Gasteiger partial charge is 0.434 e. The van der Waals surface area contributed by atoms with Crippen LogP contribution in [0.3, 0.4) is 0 Å². The second-order valence-corrected chi connectivity index (χ2v) is 6.78. The molecule has 154 valence electrons. The van der Waals surface area contributed by atoms with Gasteiger partial charge in [0.2, 0.25) is 11.8 Å². The van der Waals surface area contributed by atoms with E-state index in [2.05, 4.69) is 10.4 Å². The molecule has 29 heavy (non-hydrogen) atoms. The van der Waals surface area contributed by atoms with Crippen molar-refractivity contribution in [2.75, 3.05) is 13.1 Å². The van der Waals surface area contributed by atoms with Gasteiger partial charge in [0.15, 0.2) is 5.69 Å². The second-order valence-electron chi connectivity index (χ2n) is 6.34. The molecule has 1 aromatic carbocycles. The molecule has 11 heteroatoms. The third-order valence-corrected chi connectivity index (χ3v) is 4.60. The number of hydrogen-bond donors (Lipinski definition) is 1. The standard InChI is InChI=1S/C18H16ClF3N4O3/c19-11-2-4-12(5-3-11)26-16(18(20,21)22)13(10-24-26)17(29)23-8-1-9-25-14(27)6-7-15(25)28/h2-5,10H,1,6-9H2,(H,23,29). The monoisotopic (exact) mass is 428 g/mol. The third-order valence-electron chi connectivity index (χ3n) is 4.35. The summed E-state index contributed by atoms with van der Waals surface area (Å²) < 4.78 is 41.4. The molecule has 1 saturated heterocycles. The molecule has 1 aliphatic heterocycles. The number of rotatable bonds is 6. The first-order valence-electron chi connectivity index (χ1n) is 8.71. The number of hydrogen-bond acceptors (Lipinski definition) is 4. The number of carbonyl (C=O) groups is 3. The van der Waals surface area contributed by atoms with Crippen molar-refractivity contribution in [1.82, 2.24) is 20.0 Å². The van der Waals surface area contributed by atoms with Crippen molar-refractivity contribution in [3.63, 3.8) is 0 Å². The molecule has 0 radical (unpaired) electrons. The van der Waals surface area contributed by atoms with E-state index < -0.39 is 23.3 Å². The fourth-order valence-corrected chi connectivity index (χ4v) is 3.10. The molecule has 1 fully saturated rings.